The molecule has 1 heterocycles. The molecule has 1 aliphatic heterocycles. The molecule has 0 aromatic heterocycles. The first-order valence-corrected chi connectivity index (χ1v) is 6.22. The Hall–Kier alpha value is -2.18. The molecule has 3 atom stereocenters. The molecule has 2 rings (SSSR count). The van der Waals surface area contributed by atoms with Crippen LogP contribution in [0.25, 0.3) is 0 Å². The van der Waals surface area contributed by atoms with Gasteiger partial charge in [0.15, 0.2) is 0 Å². The van der Waals surface area contributed by atoms with E-state index in [1.807, 2.05) is 6.92 Å². The number of benzene rings is 1. The van der Waals surface area contributed by atoms with Crippen LogP contribution in [-0.2, 0) is 10.3 Å². The Kier molecular flexibility index (Phi) is 3.37. The summed E-state index contributed by atoms with van der Waals surface area (Å²) in [6.07, 6.45) is -0.267. The summed E-state index contributed by atoms with van der Waals surface area (Å²) in [5.74, 6) is -0.734. The maximum Gasteiger partial charge on any atom is 0.283 e. The molecule has 0 bridgehead atoms. The van der Waals surface area contributed by atoms with E-state index in [4.69, 9.17) is 10.5 Å². The van der Waals surface area contributed by atoms with Crippen molar-refractivity contribution in [3.8, 4) is 0 Å². The van der Waals surface area contributed by atoms with E-state index >= 15 is 0 Å². The fourth-order valence-corrected chi connectivity index (χ4v) is 2.43. The molecule has 1 aromatic carbocycles. The van der Waals surface area contributed by atoms with Crippen molar-refractivity contribution in [1.82, 2.24) is 0 Å². The largest absolute Gasteiger partial charge is 0.462 e. The summed E-state index contributed by atoms with van der Waals surface area (Å²) in [7, 11) is 0. The summed E-state index contributed by atoms with van der Waals surface area (Å²) >= 11 is 0. The summed E-state index contributed by atoms with van der Waals surface area (Å²) in [5, 5.41) is 10.9. The SMILES string of the molecule is CC1[C@@H](C)OC(N)=N[C@]1(C)c1cc([N+](=O)[O-])ccc1F. The number of nitrogens with two attached hydrogens (primary N) is 1. The lowest BCUT2D eigenvalue weighted by atomic mass is 9.77. The van der Waals surface area contributed by atoms with Crippen molar-refractivity contribution in [2.75, 3.05) is 0 Å². The molecule has 6 nitrogen and oxygen atoms in total. The maximum atomic E-state index is 14.1. The number of halogens is 1. The lowest BCUT2D eigenvalue weighted by Crippen LogP contribution is -2.45. The summed E-state index contributed by atoms with van der Waals surface area (Å²) < 4.78 is 19.4. The van der Waals surface area contributed by atoms with Crippen molar-refractivity contribution >= 4 is 11.7 Å². The predicted molar refractivity (Wildman–Crippen MR) is 71.7 cm³/mol. The van der Waals surface area contributed by atoms with Crippen LogP contribution in [0.3, 0.4) is 0 Å². The second-order valence-electron chi connectivity index (χ2n) is 5.13. The van der Waals surface area contributed by atoms with Gasteiger partial charge >= 0.3 is 0 Å². The van der Waals surface area contributed by atoms with Gasteiger partial charge in [0, 0.05) is 23.6 Å². The van der Waals surface area contributed by atoms with Crippen LogP contribution in [0.1, 0.15) is 26.3 Å². The first-order chi connectivity index (χ1) is 9.25. The van der Waals surface area contributed by atoms with Gasteiger partial charge in [-0.3, -0.25) is 10.1 Å². The molecule has 0 amide bonds. The van der Waals surface area contributed by atoms with Gasteiger partial charge in [-0.05, 0) is 19.9 Å². The number of hydrogen-bond acceptors (Lipinski definition) is 5. The molecule has 108 valence electrons. The van der Waals surface area contributed by atoms with Gasteiger partial charge in [0.2, 0.25) is 0 Å². The third kappa shape index (κ3) is 2.19. The Morgan fingerprint density at radius 3 is 2.75 bits per heavy atom. The van der Waals surface area contributed by atoms with Crippen LogP contribution >= 0.6 is 0 Å². The molecular weight excluding hydrogens is 265 g/mol. The number of rotatable bonds is 2. The minimum absolute atomic E-state index is 0.0380. The Balaban J connectivity index is 2.61. The van der Waals surface area contributed by atoms with Crippen LogP contribution in [0.5, 0.6) is 0 Å². The van der Waals surface area contributed by atoms with Crippen LogP contribution in [0.4, 0.5) is 10.1 Å². The zero-order valence-electron chi connectivity index (χ0n) is 11.5. The van der Waals surface area contributed by atoms with E-state index in [9.17, 15) is 14.5 Å². The van der Waals surface area contributed by atoms with E-state index in [2.05, 4.69) is 4.99 Å². The van der Waals surface area contributed by atoms with Gasteiger partial charge < -0.3 is 10.5 Å². The molecule has 0 spiro atoms. The van der Waals surface area contributed by atoms with Crippen molar-refractivity contribution < 1.29 is 14.1 Å². The highest BCUT2D eigenvalue weighted by Crippen LogP contribution is 2.41. The number of nitrogens with zero attached hydrogens (tertiary/aromatic N) is 2. The van der Waals surface area contributed by atoms with Crippen LogP contribution in [0.2, 0.25) is 0 Å². The number of aliphatic imine (C=N–C) groups is 1. The quantitative estimate of drug-likeness (QED) is 0.665. The van der Waals surface area contributed by atoms with Crippen LogP contribution in [0.15, 0.2) is 23.2 Å². The third-order valence-electron chi connectivity index (χ3n) is 3.95. The van der Waals surface area contributed by atoms with Crippen LogP contribution in [0, 0.1) is 21.8 Å². The number of nitro benzene ring substituents is 1. The van der Waals surface area contributed by atoms with Gasteiger partial charge in [-0.25, -0.2) is 9.38 Å². The highest BCUT2D eigenvalue weighted by molar-refractivity contribution is 5.73. The van der Waals surface area contributed by atoms with E-state index in [1.54, 1.807) is 13.8 Å². The van der Waals surface area contributed by atoms with Gasteiger partial charge in [-0.15, -0.1) is 0 Å². The van der Waals surface area contributed by atoms with E-state index in [0.29, 0.717) is 0 Å². The number of non-ortho nitro benzene ring substituents is 1. The van der Waals surface area contributed by atoms with E-state index in [0.717, 1.165) is 12.1 Å². The number of hydrogen-bond donors (Lipinski definition) is 1. The second-order valence-corrected chi connectivity index (χ2v) is 5.13. The minimum Gasteiger partial charge on any atom is -0.462 e. The van der Waals surface area contributed by atoms with Crippen molar-refractivity contribution in [2.45, 2.75) is 32.4 Å². The fourth-order valence-electron chi connectivity index (χ4n) is 2.43. The number of nitro groups is 1. The van der Waals surface area contributed by atoms with Gasteiger partial charge in [0.05, 0.1) is 10.5 Å². The molecule has 0 fully saturated rings. The van der Waals surface area contributed by atoms with Crippen molar-refractivity contribution in [3.63, 3.8) is 0 Å². The molecule has 0 saturated heterocycles. The summed E-state index contributed by atoms with van der Waals surface area (Å²) in [6.45, 7) is 5.35. The smallest absolute Gasteiger partial charge is 0.283 e. The molecular formula is C13H16FN3O3. The number of ether oxygens (including phenoxy) is 1. The van der Waals surface area contributed by atoms with E-state index < -0.39 is 16.3 Å². The summed E-state index contributed by atoms with van der Waals surface area (Å²) in [6, 6.07) is 3.38. The second kappa shape index (κ2) is 4.73. The average Bonchev–Trinajstić information content (AvgIpc) is 2.35. The minimum atomic E-state index is -1.00. The highest BCUT2D eigenvalue weighted by atomic mass is 19.1. The Labute approximate surface area is 115 Å². The van der Waals surface area contributed by atoms with Gasteiger partial charge in [-0.1, -0.05) is 6.92 Å². The molecule has 0 aliphatic carbocycles. The van der Waals surface area contributed by atoms with Gasteiger partial charge in [0.25, 0.3) is 11.7 Å². The summed E-state index contributed by atoms with van der Waals surface area (Å²) in [4.78, 5) is 14.5. The zero-order chi connectivity index (χ0) is 15.1. The normalized spacial score (nSPS) is 29.5. The van der Waals surface area contributed by atoms with Crippen molar-refractivity contribution in [1.29, 1.82) is 0 Å². The molecule has 1 unspecified atom stereocenters. The summed E-state index contributed by atoms with van der Waals surface area (Å²) in [5.41, 5.74) is 4.59. The van der Waals surface area contributed by atoms with Gasteiger partial charge in [-0.2, -0.15) is 0 Å². The molecule has 2 N–H and O–H groups in total. The lowest BCUT2D eigenvalue weighted by Gasteiger charge is -2.39. The highest BCUT2D eigenvalue weighted by Gasteiger charge is 2.43. The Morgan fingerprint density at radius 1 is 1.50 bits per heavy atom. The predicted octanol–water partition coefficient (Wildman–Crippen LogP) is 2.32. The molecule has 1 aromatic rings. The third-order valence-corrected chi connectivity index (χ3v) is 3.95. The monoisotopic (exact) mass is 281 g/mol. The topological polar surface area (TPSA) is 90.8 Å². The van der Waals surface area contributed by atoms with Crippen LogP contribution < -0.4 is 5.73 Å². The number of amidine groups is 1. The molecule has 0 radical (unpaired) electrons. The van der Waals surface area contributed by atoms with Crippen molar-refractivity contribution in [2.24, 2.45) is 16.6 Å². The molecule has 0 saturated carbocycles. The zero-order valence-corrected chi connectivity index (χ0v) is 11.5. The van der Waals surface area contributed by atoms with Crippen LogP contribution in [-0.4, -0.2) is 17.0 Å². The maximum absolute atomic E-state index is 14.1. The first kappa shape index (κ1) is 14.2. The standard InChI is InChI=1S/C13H16FN3O3/c1-7-8(2)20-12(15)16-13(7,3)10-6-9(17(18)19)4-5-11(10)14/h4-8H,1-3H3,(H2,15,16)/t7?,8-,13+/m1/s1. The Bertz CT molecular complexity index is 590. The van der Waals surface area contributed by atoms with Crippen molar-refractivity contribution in [3.05, 3.63) is 39.7 Å². The Morgan fingerprint density at radius 2 is 2.15 bits per heavy atom. The molecule has 7 heteroatoms. The molecule has 20 heavy (non-hydrogen) atoms. The average molecular weight is 281 g/mol. The molecule has 1 aliphatic rings. The van der Waals surface area contributed by atoms with E-state index in [1.165, 1.54) is 6.07 Å². The lowest BCUT2D eigenvalue weighted by molar-refractivity contribution is -0.385. The van der Waals surface area contributed by atoms with Gasteiger partial charge in [0.1, 0.15) is 11.9 Å². The fraction of sp³-hybridized carbons (Fsp3) is 0.462. The van der Waals surface area contributed by atoms with E-state index in [-0.39, 0.29) is 29.3 Å². The first-order valence-electron chi connectivity index (χ1n) is 6.22.